The van der Waals surface area contributed by atoms with E-state index in [2.05, 4.69) is 5.32 Å². The zero-order valence-electron chi connectivity index (χ0n) is 20.5. The Kier molecular flexibility index (Phi) is 6.16. The number of carbonyl (C=O) groups is 2. The average molecular weight is 504 g/mol. The molecule has 5 rings (SSSR count). The third-order valence-corrected chi connectivity index (χ3v) is 6.96. The van der Waals surface area contributed by atoms with Gasteiger partial charge in [0.1, 0.15) is 5.75 Å². The Bertz CT molecular complexity index is 1420. The summed E-state index contributed by atoms with van der Waals surface area (Å²) in [7, 11) is 4.39. The van der Waals surface area contributed by atoms with Crippen molar-refractivity contribution >= 4 is 23.2 Å². The van der Waals surface area contributed by atoms with Gasteiger partial charge in [-0.25, -0.2) is 0 Å². The Morgan fingerprint density at radius 2 is 1.68 bits per heavy atom. The van der Waals surface area contributed by atoms with E-state index in [4.69, 9.17) is 14.2 Å². The van der Waals surface area contributed by atoms with Gasteiger partial charge >= 0.3 is 0 Å². The molecule has 2 heterocycles. The van der Waals surface area contributed by atoms with Crippen molar-refractivity contribution in [2.24, 2.45) is 0 Å². The molecule has 10 nitrogen and oxygen atoms in total. The third kappa shape index (κ3) is 4.00. The van der Waals surface area contributed by atoms with Crippen LogP contribution in [0.2, 0.25) is 0 Å². The van der Waals surface area contributed by atoms with Gasteiger partial charge in [0.25, 0.3) is 11.6 Å². The maximum atomic E-state index is 14.1. The van der Waals surface area contributed by atoms with Crippen molar-refractivity contribution in [2.45, 2.75) is 18.4 Å². The molecule has 10 heteroatoms. The quantitative estimate of drug-likeness (QED) is 0.397. The van der Waals surface area contributed by atoms with Gasteiger partial charge in [0, 0.05) is 24.2 Å². The van der Waals surface area contributed by atoms with E-state index in [0.717, 1.165) is 11.1 Å². The molecule has 0 radical (unpaired) electrons. The smallest absolute Gasteiger partial charge is 0.271 e. The Morgan fingerprint density at radius 3 is 2.38 bits per heavy atom. The SMILES string of the molecule is COc1ccc([N+](=O)[O-])cc1NC(=O)[C@@H]1c2cc(OC)c(OC)cc2C(=O)N2CCc3ccccc3[C@H]12. The molecule has 0 saturated carbocycles. The lowest BCUT2D eigenvalue weighted by Crippen LogP contribution is -2.49. The van der Waals surface area contributed by atoms with Crippen LogP contribution in [0.3, 0.4) is 0 Å². The van der Waals surface area contributed by atoms with Crippen molar-refractivity contribution in [1.82, 2.24) is 4.90 Å². The van der Waals surface area contributed by atoms with Crippen molar-refractivity contribution < 1.29 is 28.7 Å². The number of benzene rings is 3. The first-order valence-electron chi connectivity index (χ1n) is 11.7. The second kappa shape index (κ2) is 9.45. The fourth-order valence-electron chi connectivity index (χ4n) is 5.25. The predicted molar refractivity (Wildman–Crippen MR) is 134 cm³/mol. The normalized spacial score (nSPS) is 17.7. The van der Waals surface area contributed by atoms with E-state index in [9.17, 15) is 19.7 Å². The summed E-state index contributed by atoms with van der Waals surface area (Å²) in [4.78, 5) is 40.3. The molecule has 0 saturated heterocycles. The topological polar surface area (TPSA) is 120 Å². The molecule has 0 spiro atoms. The number of nitro groups is 1. The predicted octanol–water partition coefficient (Wildman–Crippen LogP) is 4.10. The van der Waals surface area contributed by atoms with Gasteiger partial charge in [-0.2, -0.15) is 0 Å². The Balaban J connectivity index is 1.68. The molecule has 0 bridgehead atoms. The number of anilines is 1. The zero-order valence-corrected chi connectivity index (χ0v) is 20.5. The number of ether oxygens (including phenoxy) is 3. The number of hydrogen-bond donors (Lipinski definition) is 1. The molecule has 0 aromatic heterocycles. The van der Waals surface area contributed by atoms with E-state index in [1.54, 1.807) is 17.0 Å². The summed E-state index contributed by atoms with van der Waals surface area (Å²) in [5, 5.41) is 14.2. The fraction of sp³-hybridized carbons (Fsp3) is 0.259. The van der Waals surface area contributed by atoms with Crippen molar-refractivity contribution in [3.63, 3.8) is 0 Å². The number of fused-ring (bicyclic) bond motifs is 4. The minimum atomic E-state index is -0.835. The summed E-state index contributed by atoms with van der Waals surface area (Å²) in [6.45, 7) is 0.443. The van der Waals surface area contributed by atoms with E-state index in [0.29, 0.717) is 35.6 Å². The number of nitrogens with zero attached hydrogens (tertiary/aromatic N) is 2. The summed E-state index contributed by atoms with van der Waals surface area (Å²) in [6.07, 6.45) is 0.661. The average Bonchev–Trinajstić information content (AvgIpc) is 2.92. The number of nitrogens with one attached hydrogen (secondary N) is 1. The van der Waals surface area contributed by atoms with E-state index in [1.807, 2.05) is 24.3 Å². The maximum absolute atomic E-state index is 14.1. The third-order valence-electron chi connectivity index (χ3n) is 6.96. The molecular weight excluding hydrogens is 478 g/mol. The monoisotopic (exact) mass is 503 g/mol. The van der Waals surface area contributed by atoms with Crippen LogP contribution in [-0.4, -0.2) is 49.5 Å². The largest absolute Gasteiger partial charge is 0.495 e. The molecular formula is C27H25N3O7. The molecule has 2 amide bonds. The van der Waals surface area contributed by atoms with Crippen LogP contribution in [-0.2, 0) is 11.2 Å². The van der Waals surface area contributed by atoms with Crippen molar-refractivity contribution in [3.8, 4) is 17.2 Å². The number of methoxy groups -OCH3 is 3. The second-order valence-corrected chi connectivity index (χ2v) is 8.80. The fourth-order valence-corrected chi connectivity index (χ4v) is 5.25. The number of hydrogen-bond acceptors (Lipinski definition) is 7. The Morgan fingerprint density at radius 1 is 0.973 bits per heavy atom. The van der Waals surface area contributed by atoms with Crippen molar-refractivity contribution in [3.05, 3.63) is 87.0 Å². The van der Waals surface area contributed by atoms with Crippen LogP contribution in [0.5, 0.6) is 17.2 Å². The van der Waals surface area contributed by atoms with E-state index in [1.165, 1.54) is 39.5 Å². The van der Waals surface area contributed by atoms with Gasteiger partial charge in [0.2, 0.25) is 5.91 Å². The highest BCUT2D eigenvalue weighted by Gasteiger charge is 2.47. The van der Waals surface area contributed by atoms with Crippen LogP contribution >= 0.6 is 0 Å². The van der Waals surface area contributed by atoms with Crippen LogP contribution in [0.4, 0.5) is 11.4 Å². The first-order chi connectivity index (χ1) is 17.9. The number of carbonyl (C=O) groups excluding carboxylic acids is 2. The van der Waals surface area contributed by atoms with Crippen molar-refractivity contribution in [1.29, 1.82) is 0 Å². The van der Waals surface area contributed by atoms with Gasteiger partial charge in [-0.05, 0) is 41.3 Å². The van der Waals surface area contributed by atoms with E-state index in [-0.39, 0.29) is 23.0 Å². The van der Waals surface area contributed by atoms with Crippen molar-refractivity contribution in [2.75, 3.05) is 33.2 Å². The molecule has 3 aromatic rings. The first kappa shape index (κ1) is 24.1. The van der Waals surface area contributed by atoms with E-state index < -0.39 is 22.8 Å². The zero-order chi connectivity index (χ0) is 26.3. The van der Waals surface area contributed by atoms with Crippen LogP contribution in [0.25, 0.3) is 0 Å². The summed E-state index contributed by atoms with van der Waals surface area (Å²) >= 11 is 0. The molecule has 0 aliphatic carbocycles. The first-order valence-corrected chi connectivity index (χ1v) is 11.7. The number of amides is 2. The number of rotatable bonds is 6. The lowest BCUT2D eigenvalue weighted by molar-refractivity contribution is -0.384. The summed E-state index contributed by atoms with van der Waals surface area (Å²) in [6, 6.07) is 14.4. The van der Waals surface area contributed by atoms with Gasteiger partial charge in [-0.15, -0.1) is 0 Å². The van der Waals surface area contributed by atoms with Gasteiger partial charge in [0.15, 0.2) is 11.5 Å². The lowest BCUT2D eigenvalue weighted by atomic mass is 9.75. The maximum Gasteiger partial charge on any atom is 0.271 e. The minimum absolute atomic E-state index is 0.163. The Hall–Kier alpha value is -4.60. The van der Waals surface area contributed by atoms with E-state index >= 15 is 0 Å². The Labute approximate surface area is 212 Å². The van der Waals surface area contributed by atoms with Gasteiger partial charge in [0.05, 0.1) is 43.9 Å². The molecule has 2 aliphatic rings. The van der Waals surface area contributed by atoms with Crippen LogP contribution in [0.1, 0.15) is 39.0 Å². The second-order valence-electron chi connectivity index (χ2n) is 8.80. The van der Waals surface area contributed by atoms with Gasteiger partial charge in [-0.3, -0.25) is 19.7 Å². The van der Waals surface area contributed by atoms with Crippen LogP contribution < -0.4 is 19.5 Å². The van der Waals surface area contributed by atoms with Gasteiger partial charge in [-0.1, -0.05) is 24.3 Å². The number of nitro benzene ring substituents is 1. The molecule has 2 atom stereocenters. The minimum Gasteiger partial charge on any atom is -0.495 e. The standard InChI is InChI=1S/C27H25N3O7/c1-35-21-9-8-16(30(33)34)12-20(21)28-26(31)24-18-13-22(36-2)23(37-3)14-19(18)27(32)29-11-10-15-6-4-5-7-17(15)25(24)29/h4-9,12-14,24-25H,10-11H2,1-3H3,(H,28,31)/t24-,25-/m1/s1. The highest BCUT2D eigenvalue weighted by atomic mass is 16.6. The summed E-state index contributed by atoms with van der Waals surface area (Å²) in [5.41, 5.74) is 2.75. The molecule has 0 unspecified atom stereocenters. The van der Waals surface area contributed by atoms with Crippen LogP contribution in [0, 0.1) is 10.1 Å². The lowest BCUT2D eigenvalue weighted by Gasteiger charge is -2.45. The van der Waals surface area contributed by atoms with Gasteiger partial charge < -0.3 is 24.4 Å². The molecule has 0 fully saturated rings. The highest BCUT2D eigenvalue weighted by molar-refractivity contribution is 6.05. The summed E-state index contributed by atoms with van der Waals surface area (Å²) in [5.74, 6) is -0.432. The summed E-state index contributed by atoms with van der Waals surface area (Å²) < 4.78 is 16.3. The molecule has 190 valence electrons. The molecule has 1 N–H and O–H groups in total. The molecule has 3 aromatic carbocycles. The highest BCUT2D eigenvalue weighted by Crippen LogP contribution is 2.49. The van der Waals surface area contributed by atoms with Crippen LogP contribution in [0.15, 0.2) is 54.6 Å². The molecule has 2 aliphatic heterocycles. The molecule has 37 heavy (non-hydrogen) atoms. The number of non-ortho nitro benzene ring substituents is 1.